The number of benzene rings is 2. The Bertz CT molecular complexity index is 1020. The third-order valence-electron chi connectivity index (χ3n) is 7.11. The molecule has 8 heteroatoms. The molecule has 3 N–H and O–H groups in total. The number of hydrogen-bond acceptors (Lipinski definition) is 3. The van der Waals surface area contributed by atoms with Crippen molar-refractivity contribution in [1.82, 2.24) is 10.2 Å². The molecule has 2 aromatic rings. The van der Waals surface area contributed by atoms with Gasteiger partial charge in [-0.1, -0.05) is 30.3 Å². The van der Waals surface area contributed by atoms with E-state index >= 15 is 0 Å². The maximum atomic E-state index is 14.0. The summed E-state index contributed by atoms with van der Waals surface area (Å²) in [5, 5.41) is 2.85. The van der Waals surface area contributed by atoms with Gasteiger partial charge >= 0.3 is 0 Å². The molecule has 2 aromatic carbocycles. The molecule has 1 unspecified atom stereocenters. The molecule has 2 amide bonds. The quantitative estimate of drug-likeness (QED) is 0.572. The van der Waals surface area contributed by atoms with Gasteiger partial charge in [0.2, 0.25) is 11.8 Å². The number of carbonyl (C=O) groups excluding carboxylic acids is 2. The van der Waals surface area contributed by atoms with Crippen molar-refractivity contribution >= 4 is 11.8 Å². The first kappa shape index (κ1) is 24.3. The topological polar surface area (TPSA) is 75.4 Å². The van der Waals surface area contributed by atoms with Crippen LogP contribution in [0.3, 0.4) is 0 Å². The molecule has 2 bridgehead atoms. The van der Waals surface area contributed by atoms with Crippen LogP contribution in [0.5, 0.6) is 0 Å². The lowest BCUT2D eigenvalue weighted by molar-refractivity contribution is -0.138. The van der Waals surface area contributed by atoms with E-state index in [4.69, 9.17) is 5.73 Å². The molecule has 0 spiro atoms. The van der Waals surface area contributed by atoms with Gasteiger partial charge in [0.15, 0.2) is 11.6 Å². The number of fused-ring (bicyclic) bond motifs is 2. The molecular formula is C26H30F3N3O2. The van der Waals surface area contributed by atoms with E-state index in [0.717, 1.165) is 24.5 Å². The lowest BCUT2D eigenvalue weighted by atomic mass is 9.82. The number of rotatable bonds is 8. The predicted molar refractivity (Wildman–Crippen MR) is 122 cm³/mol. The first-order valence-corrected chi connectivity index (χ1v) is 11.8. The van der Waals surface area contributed by atoms with E-state index in [2.05, 4.69) is 5.32 Å². The molecule has 5 nitrogen and oxygen atoms in total. The van der Waals surface area contributed by atoms with Gasteiger partial charge < -0.3 is 16.0 Å². The zero-order valence-electron chi connectivity index (χ0n) is 19.0. The van der Waals surface area contributed by atoms with E-state index in [1.165, 1.54) is 0 Å². The summed E-state index contributed by atoms with van der Waals surface area (Å²) in [6.45, 7) is 0.431. The fraction of sp³-hybridized carbons (Fsp3) is 0.462. The van der Waals surface area contributed by atoms with Gasteiger partial charge in [0.1, 0.15) is 5.82 Å². The highest BCUT2D eigenvalue weighted by molar-refractivity contribution is 5.84. The summed E-state index contributed by atoms with van der Waals surface area (Å²) < 4.78 is 40.8. The highest BCUT2D eigenvalue weighted by atomic mass is 19.2. The van der Waals surface area contributed by atoms with Gasteiger partial charge in [0.25, 0.3) is 0 Å². The van der Waals surface area contributed by atoms with Gasteiger partial charge in [0, 0.05) is 43.6 Å². The number of amides is 2. The van der Waals surface area contributed by atoms with Crippen LogP contribution in [0.1, 0.15) is 49.7 Å². The minimum absolute atomic E-state index is 0.0268. The van der Waals surface area contributed by atoms with Crippen LogP contribution < -0.4 is 11.1 Å². The molecule has 2 heterocycles. The van der Waals surface area contributed by atoms with Crippen molar-refractivity contribution in [1.29, 1.82) is 0 Å². The molecule has 2 aliphatic rings. The monoisotopic (exact) mass is 473 g/mol. The number of nitrogens with zero attached hydrogens (tertiary/aromatic N) is 1. The summed E-state index contributed by atoms with van der Waals surface area (Å²) in [7, 11) is 0. The van der Waals surface area contributed by atoms with Crippen LogP contribution in [-0.4, -0.2) is 34.8 Å². The Hall–Kier alpha value is -2.87. The molecule has 182 valence electrons. The van der Waals surface area contributed by atoms with Crippen LogP contribution in [0.15, 0.2) is 42.5 Å². The van der Waals surface area contributed by atoms with E-state index < -0.39 is 23.5 Å². The summed E-state index contributed by atoms with van der Waals surface area (Å²) >= 11 is 0. The van der Waals surface area contributed by atoms with Crippen molar-refractivity contribution in [2.75, 3.05) is 0 Å². The third kappa shape index (κ3) is 5.60. The lowest BCUT2D eigenvalue weighted by Gasteiger charge is -2.41. The van der Waals surface area contributed by atoms with E-state index in [1.807, 2.05) is 35.2 Å². The number of carbonyl (C=O) groups is 2. The molecule has 0 radical (unpaired) electrons. The van der Waals surface area contributed by atoms with Crippen LogP contribution in [-0.2, 0) is 22.6 Å². The molecule has 4 rings (SSSR count). The third-order valence-corrected chi connectivity index (χ3v) is 7.11. The van der Waals surface area contributed by atoms with Crippen molar-refractivity contribution in [3.8, 4) is 0 Å². The fourth-order valence-electron chi connectivity index (χ4n) is 5.35. The molecule has 0 aliphatic carbocycles. The smallest absolute Gasteiger partial charge is 0.223 e. The summed E-state index contributed by atoms with van der Waals surface area (Å²) in [6, 6.07) is 10.7. The Morgan fingerprint density at radius 2 is 1.62 bits per heavy atom. The van der Waals surface area contributed by atoms with Crippen molar-refractivity contribution < 1.29 is 22.8 Å². The highest BCUT2D eigenvalue weighted by Gasteiger charge is 2.44. The zero-order chi connectivity index (χ0) is 24.2. The van der Waals surface area contributed by atoms with Crippen molar-refractivity contribution in [3.05, 3.63) is 71.0 Å². The minimum Gasteiger partial charge on any atom is -0.352 e. The highest BCUT2D eigenvalue weighted by Crippen LogP contribution is 2.40. The van der Waals surface area contributed by atoms with E-state index in [-0.39, 0.29) is 54.6 Å². The van der Waals surface area contributed by atoms with E-state index in [1.54, 1.807) is 0 Å². The summed E-state index contributed by atoms with van der Waals surface area (Å²) in [5.41, 5.74) is 7.42. The number of nitrogens with two attached hydrogens (primary N) is 1. The average molecular weight is 474 g/mol. The Labute approximate surface area is 197 Å². The lowest BCUT2D eigenvalue weighted by Crippen LogP contribution is -2.50. The standard InChI is InChI=1S/C26H30F3N3O2/c27-21-14-23(29)22(28)12-17(21)13-24(30)18-10-19-6-7-20(11-18)32(19)26(34)9-8-25(33)31-15-16-4-2-1-3-5-16/h1-5,12,14,18-20,24H,6-11,13,15,30H2,(H,31,33)/t18?,19-,20+,24-/m1/s1. The van der Waals surface area contributed by atoms with Crippen molar-refractivity contribution in [2.45, 2.75) is 69.6 Å². The van der Waals surface area contributed by atoms with Gasteiger partial charge in [-0.15, -0.1) is 0 Å². The minimum atomic E-state index is -1.21. The van der Waals surface area contributed by atoms with Crippen molar-refractivity contribution in [2.24, 2.45) is 11.7 Å². The number of halogens is 3. The molecule has 2 aliphatic heterocycles. The van der Waals surface area contributed by atoms with Crippen LogP contribution in [0.25, 0.3) is 0 Å². The molecule has 4 atom stereocenters. The van der Waals surface area contributed by atoms with Gasteiger partial charge in [-0.3, -0.25) is 9.59 Å². The van der Waals surface area contributed by atoms with E-state index in [0.29, 0.717) is 25.5 Å². The SMILES string of the molecule is N[C@H](Cc1cc(F)c(F)cc1F)C1C[C@H]2CC[C@@H](C1)N2C(=O)CCC(=O)NCc1ccccc1. The van der Waals surface area contributed by atoms with Crippen LogP contribution in [0.2, 0.25) is 0 Å². The predicted octanol–water partition coefficient (Wildman–Crippen LogP) is 3.84. The van der Waals surface area contributed by atoms with Gasteiger partial charge in [-0.05, 0) is 55.2 Å². The average Bonchev–Trinajstić information content (AvgIpc) is 3.09. The molecule has 2 fully saturated rings. The maximum absolute atomic E-state index is 14.0. The molecule has 34 heavy (non-hydrogen) atoms. The van der Waals surface area contributed by atoms with Gasteiger partial charge in [-0.2, -0.15) is 0 Å². The van der Waals surface area contributed by atoms with Gasteiger partial charge in [0.05, 0.1) is 0 Å². The molecule has 2 saturated heterocycles. The first-order valence-electron chi connectivity index (χ1n) is 11.8. The summed E-state index contributed by atoms with van der Waals surface area (Å²) in [5.74, 6) is -3.22. The van der Waals surface area contributed by atoms with Crippen LogP contribution in [0, 0.1) is 23.4 Å². The molecule has 0 saturated carbocycles. The second kappa shape index (κ2) is 10.6. The Morgan fingerprint density at radius 3 is 2.29 bits per heavy atom. The second-order valence-corrected chi connectivity index (χ2v) is 9.41. The first-order chi connectivity index (χ1) is 16.3. The van der Waals surface area contributed by atoms with E-state index in [9.17, 15) is 22.8 Å². The number of nitrogens with one attached hydrogen (secondary N) is 1. The summed E-state index contributed by atoms with van der Waals surface area (Å²) in [6.07, 6.45) is 3.54. The Kier molecular flexibility index (Phi) is 7.56. The molecule has 0 aromatic heterocycles. The fourth-order valence-corrected chi connectivity index (χ4v) is 5.35. The normalized spacial score (nSPS) is 22.5. The van der Waals surface area contributed by atoms with Gasteiger partial charge in [-0.25, -0.2) is 13.2 Å². The van der Waals surface area contributed by atoms with Crippen LogP contribution in [0.4, 0.5) is 13.2 Å². The largest absolute Gasteiger partial charge is 0.352 e. The van der Waals surface area contributed by atoms with Crippen molar-refractivity contribution in [3.63, 3.8) is 0 Å². The Balaban J connectivity index is 1.27. The number of piperidine rings is 1. The maximum Gasteiger partial charge on any atom is 0.223 e. The zero-order valence-corrected chi connectivity index (χ0v) is 19.0. The Morgan fingerprint density at radius 1 is 0.971 bits per heavy atom. The van der Waals surface area contributed by atoms with Crippen LogP contribution >= 0.6 is 0 Å². The number of hydrogen-bond donors (Lipinski definition) is 2. The summed E-state index contributed by atoms with van der Waals surface area (Å²) in [4.78, 5) is 27.0. The molecular weight excluding hydrogens is 443 g/mol. The second-order valence-electron chi connectivity index (χ2n) is 9.41.